The van der Waals surface area contributed by atoms with Gasteiger partial charge in [-0.25, -0.2) is 4.79 Å². The lowest BCUT2D eigenvalue weighted by molar-refractivity contribution is -0.00931. The van der Waals surface area contributed by atoms with Crippen LogP contribution in [0.3, 0.4) is 0 Å². The van der Waals surface area contributed by atoms with Crippen LogP contribution in [-0.2, 0) is 16.2 Å². The summed E-state index contributed by atoms with van der Waals surface area (Å²) in [6, 6.07) is 1.18. The third-order valence-corrected chi connectivity index (χ3v) is 7.52. The van der Waals surface area contributed by atoms with E-state index in [2.05, 4.69) is 29.6 Å². The van der Waals surface area contributed by atoms with E-state index in [1.54, 1.807) is 11.9 Å². The second-order valence-electron chi connectivity index (χ2n) is 11.1. The summed E-state index contributed by atoms with van der Waals surface area (Å²) in [7, 11) is 0.621. The maximum Gasteiger partial charge on any atom is 0.410 e. The SMILES string of the molecule is Cc1cn(COCC[Si](C)(C)C)c2nc(Cl)nc(OC3CC(N(C)C(=O)OC(C)(C)C)C3)c12. The first-order valence-electron chi connectivity index (χ1n) is 11.5. The summed E-state index contributed by atoms with van der Waals surface area (Å²) >= 11 is 6.23. The molecule has 1 aliphatic rings. The average molecular weight is 497 g/mol. The van der Waals surface area contributed by atoms with E-state index in [0.717, 1.165) is 23.6 Å². The first-order chi connectivity index (χ1) is 15.2. The van der Waals surface area contributed by atoms with Crippen molar-refractivity contribution in [2.45, 2.75) is 90.7 Å². The fourth-order valence-corrected chi connectivity index (χ4v) is 4.55. The molecule has 2 aromatic rings. The Morgan fingerprint density at radius 3 is 2.55 bits per heavy atom. The van der Waals surface area contributed by atoms with Crippen LogP contribution in [0.15, 0.2) is 6.20 Å². The van der Waals surface area contributed by atoms with Crippen LogP contribution in [0.1, 0.15) is 39.2 Å². The Kier molecular flexibility index (Phi) is 7.65. The molecule has 1 fully saturated rings. The van der Waals surface area contributed by atoms with Gasteiger partial charge in [0.05, 0.1) is 5.39 Å². The minimum Gasteiger partial charge on any atom is -0.474 e. The lowest BCUT2D eigenvalue weighted by Crippen LogP contribution is -2.51. The van der Waals surface area contributed by atoms with Crippen LogP contribution in [0.2, 0.25) is 31.0 Å². The molecular weight excluding hydrogens is 460 g/mol. The molecule has 10 heteroatoms. The van der Waals surface area contributed by atoms with Crippen molar-refractivity contribution >= 4 is 36.8 Å². The minimum atomic E-state index is -1.14. The normalized spacial score (nSPS) is 18.8. The van der Waals surface area contributed by atoms with Gasteiger partial charge in [-0.15, -0.1) is 0 Å². The van der Waals surface area contributed by atoms with Crippen molar-refractivity contribution in [2.24, 2.45) is 0 Å². The van der Waals surface area contributed by atoms with Crippen molar-refractivity contribution in [1.82, 2.24) is 19.4 Å². The van der Waals surface area contributed by atoms with Gasteiger partial charge in [-0.3, -0.25) is 0 Å². The maximum atomic E-state index is 12.3. The highest BCUT2D eigenvalue weighted by Crippen LogP contribution is 2.34. The lowest BCUT2D eigenvalue weighted by Gasteiger charge is -2.40. The van der Waals surface area contributed by atoms with Gasteiger partial charge in [0.15, 0.2) is 5.65 Å². The summed E-state index contributed by atoms with van der Waals surface area (Å²) in [5, 5.41) is 0.984. The number of rotatable bonds is 8. The van der Waals surface area contributed by atoms with E-state index in [0.29, 0.717) is 31.1 Å². The molecule has 0 N–H and O–H groups in total. The van der Waals surface area contributed by atoms with Crippen molar-refractivity contribution in [3.63, 3.8) is 0 Å². The first kappa shape index (κ1) is 25.8. The summed E-state index contributed by atoms with van der Waals surface area (Å²) in [5.74, 6) is 0.478. The van der Waals surface area contributed by atoms with Gasteiger partial charge < -0.3 is 23.7 Å². The quantitative estimate of drug-likeness (QED) is 0.273. The molecule has 184 valence electrons. The fourth-order valence-electron chi connectivity index (χ4n) is 3.63. The Morgan fingerprint density at radius 1 is 1.27 bits per heavy atom. The molecule has 2 heterocycles. The Balaban J connectivity index is 1.65. The van der Waals surface area contributed by atoms with Crippen molar-refractivity contribution in [3.05, 3.63) is 17.0 Å². The van der Waals surface area contributed by atoms with Gasteiger partial charge in [0.2, 0.25) is 11.2 Å². The molecule has 0 aromatic carbocycles. The van der Waals surface area contributed by atoms with Gasteiger partial charge in [0.1, 0.15) is 18.4 Å². The number of fused-ring (bicyclic) bond motifs is 1. The molecule has 0 saturated heterocycles. The Morgan fingerprint density at radius 2 is 1.94 bits per heavy atom. The molecule has 0 aliphatic heterocycles. The third-order valence-electron chi connectivity index (χ3n) is 5.65. The van der Waals surface area contributed by atoms with Crippen LogP contribution in [0.25, 0.3) is 11.0 Å². The number of aryl methyl sites for hydroxylation is 1. The van der Waals surface area contributed by atoms with Crippen LogP contribution >= 0.6 is 11.6 Å². The number of hydrogen-bond acceptors (Lipinski definition) is 6. The van der Waals surface area contributed by atoms with E-state index in [1.165, 1.54) is 0 Å². The molecule has 0 unspecified atom stereocenters. The molecule has 33 heavy (non-hydrogen) atoms. The van der Waals surface area contributed by atoms with Gasteiger partial charge in [-0.05, 0) is 50.9 Å². The smallest absolute Gasteiger partial charge is 0.410 e. The zero-order valence-electron chi connectivity index (χ0n) is 21.1. The zero-order chi connectivity index (χ0) is 24.6. The second kappa shape index (κ2) is 9.80. The van der Waals surface area contributed by atoms with E-state index in [9.17, 15) is 4.79 Å². The van der Waals surface area contributed by atoms with Crippen LogP contribution < -0.4 is 4.74 Å². The largest absolute Gasteiger partial charge is 0.474 e. The molecule has 3 rings (SSSR count). The lowest BCUT2D eigenvalue weighted by atomic mass is 9.88. The molecule has 2 aromatic heterocycles. The van der Waals surface area contributed by atoms with Gasteiger partial charge in [-0.1, -0.05) is 19.6 Å². The Bertz CT molecular complexity index is 993. The van der Waals surface area contributed by atoms with E-state index < -0.39 is 13.7 Å². The van der Waals surface area contributed by atoms with Crippen molar-refractivity contribution in [3.8, 4) is 5.88 Å². The van der Waals surface area contributed by atoms with Crippen molar-refractivity contribution in [2.75, 3.05) is 13.7 Å². The Hall–Kier alpha value is -1.84. The molecule has 1 saturated carbocycles. The summed E-state index contributed by atoms with van der Waals surface area (Å²) in [6.45, 7) is 15.7. The highest BCUT2D eigenvalue weighted by molar-refractivity contribution is 6.76. The fraction of sp³-hybridized carbons (Fsp3) is 0.696. The van der Waals surface area contributed by atoms with Gasteiger partial charge in [0, 0.05) is 46.8 Å². The number of aromatic nitrogens is 3. The molecular formula is C23H37ClN4O4Si. The zero-order valence-corrected chi connectivity index (χ0v) is 22.8. The molecule has 0 spiro atoms. The van der Waals surface area contributed by atoms with E-state index >= 15 is 0 Å². The average Bonchev–Trinajstić information content (AvgIpc) is 2.94. The molecule has 1 aliphatic carbocycles. The number of amides is 1. The number of halogens is 1. The third kappa shape index (κ3) is 6.83. The van der Waals surface area contributed by atoms with Crippen molar-refractivity contribution < 1.29 is 19.0 Å². The summed E-state index contributed by atoms with van der Waals surface area (Å²) in [5.41, 5.74) is 1.20. The highest BCUT2D eigenvalue weighted by Gasteiger charge is 2.38. The number of hydrogen-bond donors (Lipinski definition) is 0. The van der Waals surface area contributed by atoms with Crippen molar-refractivity contribution in [1.29, 1.82) is 0 Å². The van der Waals surface area contributed by atoms with E-state index in [4.69, 9.17) is 25.8 Å². The van der Waals surface area contributed by atoms with Gasteiger partial charge in [-0.2, -0.15) is 9.97 Å². The van der Waals surface area contributed by atoms with Crippen LogP contribution in [0.4, 0.5) is 4.79 Å². The van der Waals surface area contributed by atoms with E-state index in [-0.39, 0.29) is 23.5 Å². The number of nitrogens with zero attached hydrogens (tertiary/aromatic N) is 4. The number of carbonyl (C=O) groups excluding carboxylic acids is 1. The van der Waals surface area contributed by atoms with Crippen LogP contribution in [0, 0.1) is 6.92 Å². The molecule has 1 amide bonds. The number of carbonyl (C=O) groups is 1. The monoisotopic (exact) mass is 496 g/mol. The topological polar surface area (TPSA) is 78.7 Å². The second-order valence-corrected chi connectivity index (χ2v) is 17.0. The molecule has 8 nitrogen and oxygen atoms in total. The predicted molar refractivity (Wildman–Crippen MR) is 133 cm³/mol. The van der Waals surface area contributed by atoms with Gasteiger partial charge in [0.25, 0.3) is 0 Å². The summed E-state index contributed by atoms with van der Waals surface area (Å²) in [6.07, 6.45) is 3.04. The molecule has 0 atom stereocenters. The van der Waals surface area contributed by atoms with Gasteiger partial charge >= 0.3 is 6.09 Å². The molecule has 0 radical (unpaired) electrons. The first-order valence-corrected chi connectivity index (χ1v) is 15.6. The van der Waals surface area contributed by atoms with E-state index in [1.807, 2.05) is 38.5 Å². The van der Waals surface area contributed by atoms with Crippen LogP contribution in [0.5, 0.6) is 5.88 Å². The highest BCUT2D eigenvalue weighted by atomic mass is 35.5. The summed E-state index contributed by atoms with van der Waals surface area (Å²) in [4.78, 5) is 22.7. The van der Waals surface area contributed by atoms with Crippen LogP contribution in [-0.4, -0.2) is 65.0 Å². The molecule has 0 bridgehead atoms. The standard InChI is InChI=1S/C23H37ClN4O4Si/c1-15-13-28(14-30-9-10-33(6,7)8)19-18(15)20(26-21(24)25-19)31-17-11-16(12-17)27(5)22(29)32-23(2,3)4/h13,16-17H,9-12,14H2,1-8H3. The minimum absolute atomic E-state index is 0.0511. The predicted octanol–water partition coefficient (Wildman–Crippen LogP) is 5.48. The maximum absolute atomic E-state index is 12.3. The number of ether oxygens (including phenoxy) is 3. The Labute approximate surface area is 202 Å². The summed E-state index contributed by atoms with van der Waals surface area (Å²) < 4.78 is 19.5.